The van der Waals surface area contributed by atoms with Gasteiger partial charge in [0.1, 0.15) is 11.8 Å². The summed E-state index contributed by atoms with van der Waals surface area (Å²) in [7, 11) is 0. The van der Waals surface area contributed by atoms with Gasteiger partial charge in [0.15, 0.2) is 0 Å². The van der Waals surface area contributed by atoms with E-state index in [1.54, 1.807) is 23.6 Å². The van der Waals surface area contributed by atoms with Crippen molar-refractivity contribution in [2.75, 3.05) is 5.32 Å². The summed E-state index contributed by atoms with van der Waals surface area (Å²) >= 11 is 7.37. The second kappa shape index (κ2) is 4.97. The molecule has 0 aliphatic carbocycles. The third-order valence-corrected chi connectivity index (χ3v) is 3.20. The molecule has 16 heavy (non-hydrogen) atoms. The van der Waals surface area contributed by atoms with Crippen LogP contribution in [-0.2, 0) is 6.54 Å². The van der Waals surface area contributed by atoms with Crippen LogP contribution in [0.5, 0.6) is 0 Å². The molecule has 2 aromatic heterocycles. The summed E-state index contributed by atoms with van der Waals surface area (Å²) in [5, 5.41) is 11.8. The molecule has 1 N–H and O–H groups in total. The summed E-state index contributed by atoms with van der Waals surface area (Å²) in [6.45, 7) is 0.713. The molecule has 2 heterocycles. The Morgan fingerprint density at radius 2 is 2.25 bits per heavy atom. The molecular weight excluding hydrogens is 242 g/mol. The third-order valence-electron chi connectivity index (χ3n) is 1.97. The van der Waals surface area contributed by atoms with E-state index in [2.05, 4.69) is 10.3 Å². The average molecular weight is 250 g/mol. The zero-order valence-electron chi connectivity index (χ0n) is 8.27. The number of hydrogen-bond donors (Lipinski definition) is 1. The molecule has 0 atom stereocenters. The number of nitrogens with one attached hydrogen (secondary N) is 1. The maximum Gasteiger partial charge on any atom is 0.140 e. The Morgan fingerprint density at radius 3 is 2.81 bits per heavy atom. The van der Waals surface area contributed by atoms with Crippen LogP contribution >= 0.6 is 22.9 Å². The summed E-state index contributed by atoms with van der Waals surface area (Å²) in [6.07, 6.45) is 1.65. The van der Waals surface area contributed by atoms with E-state index in [0.29, 0.717) is 12.2 Å². The van der Waals surface area contributed by atoms with Crippen molar-refractivity contribution in [3.05, 3.63) is 45.4 Å². The lowest BCUT2D eigenvalue weighted by molar-refractivity contribution is 1.16. The van der Waals surface area contributed by atoms with Crippen LogP contribution in [0.4, 0.5) is 5.69 Å². The number of thiophene rings is 1. The van der Waals surface area contributed by atoms with Crippen LogP contribution in [-0.4, -0.2) is 4.98 Å². The highest BCUT2D eigenvalue weighted by Crippen LogP contribution is 2.22. The minimum absolute atomic E-state index is 0.421. The molecule has 0 saturated heterocycles. The van der Waals surface area contributed by atoms with Crippen molar-refractivity contribution in [2.45, 2.75) is 6.54 Å². The van der Waals surface area contributed by atoms with E-state index in [1.807, 2.05) is 24.3 Å². The molecule has 2 rings (SSSR count). The van der Waals surface area contributed by atoms with Crippen molar-refractivity contribution in [2.24, 2.45) is 0 Å². The number of nitrogens with zero attached hydrogens (tertiary/aromatic N) is 2. The van der Waals surface area contributed by atoms with Gasteiger partial charge in [-0.1, -0.05) is 11.6 Å². The SMILES string of the molecule is N#Cc1ccc(NCc2ccc(Cl)s2)cn1. The quantitative estimate of drug-likeness (QED) is 0.908. The van der Waals surface area contributed by atoms with E-state index >= 15 is 0 Å². The predicted molar refractivity (Wildman–Crippen MR) is 65.6 cm³/mol. The molecule has 2 aromatic rings. The van der Waals surface area contributed by atoms with Crippen LogP contribution < -0.4 is 5.32 Å². The van der Waals surface area contributed by atoms with Gasteiger partial charge in [0, 0.05) is 11.4 Å². The van der Waals surface area contributed by atoms with Gasteiger partial charge in [-0.15, -0.1) is 11.3 Å². The Labute approximate surface area is 102 Å². The Bertz CT molecular complexity index is 513. The van der Waals surface area contributed by atoms with E-state index in [1.165, 1.54) is 0 Å². The number of nitriles is 1. The van der Waals surface area contributed by atoms with Gasteiger partial charge in [0.25, 0.3) is 0 Å². The van der Waals surface area contributed by atoms with Gasteiger partial charge in [-0.25, -0.2) is 4.98 Å². The topological polar surface area (TPSA) is 48.7 Å². The summed E-state index contributed by atoms with van der Waals surface area (Å²) in [5.74, 6) is 0. The fraction of sp³-hybridized carbons (Fsp3) is 0.0909. The van der Waals surface area contributed by atoms with Crippen LogP contribution in [0.2, 0.25) is 4.34 Å². The molecule has 0 spiro atoms. The first-order chi connectivity index (χ1) is 7.78. The highest BCUT2D eigenvalue weighted by Gasteiger charge is 1.98. The molecule has 0 bridgehead atoms. The van der Waals surface area contributed by atoms with E-state index in [9.17, 15) is 0 Å². The molecule has 5 heteroatoms. The van der Waals surface area contributed by atoms with E-state index in [4.69, 9.17) is 16.9 Å². The Kier molecular flexibility index (Phi) is 3.40. The number of pyridine rings is 1. The van der Waals surface area contributed by atoms with Crippen LogP contribution in [0.25, 0.3) is 0 Å². The van der Waals surface area contributed by atoms with Gasteiger partial charge in [-0.3, -0.25) is 0 Å². The van der Waals surface area contributed by atoms with Gasteiger partial charge < -0.3 is 5.32 Å². The molecule has 0 unspecified atom stereocenters. The number of halogens is 1. The first kappa shape index (κ1) is 10.9. The van der Waals surface area contributed by atoms with Crippen molar-refractivity contribution in [1.82, 2.24) is 4.98 Å². The Hall–Kier alpha value is -1.57. The second-order valence-corrected chi connectivity index (χ2v) is 4.90. The van der Waals surface area contributed by atoms with Gasteiger partial charge in [-0.05, 0) is 24.3 Å². The molecule has 80 valence electrons. The van der Waals surface area contributed by atoms with Gasteiger partial charge in [0.05, 0.1) is 16.2 Å². The molecule has 3 nitrogen and oxygen atoms in total. The van der Waals surface area contributed by atoms with Crippen LogP contribution in [0.1, 0.15) is 10.6 Å². The molecule has 0 fully saturated rings. The summed E-state index contributed by atoms with van der Waals surface area (Å²) in [4.78, 5) is 5.13. The zero-order valence-corrected chi connectivity index (χ0v) is 9.85. The summed E-state index contributed by atoms with van der Waals surface area (Å²) < 4.78 is 0.787. The fourth-order valence-electron chi connectivity index (χ4n) is 1.20. The standard InChI is InChI=1S/C11H8ClN3S/c12-11-4-3-10(16-11)7-15-9-2-1-8(5-13)14-6-9/h1-4,6,15H,7H2. The Balaban J connectivity index is 1.97. The third kappa shape index (κ3) is 2.72. The predicted octanol–water partition coefficient (Wildman–Crippen LogP) is 3.28. The first-order valence-electron chi connectivity index (χ1n) is 4.62. The van der Waals surface area contributed by atoms with E-state index in [0.717, 1.165) is 14.9 Å². The monoisotopic (exact) mass is 249 g/mol. The number of hydrogen-bond acceptors (Lipinski definition) is 4. The van der Waals surface area contributed by atoms with Crippen molar-refractivity contribution < 1.29 is 0 Å². The summed E-state index contributed by atoms with van der Waals surface area (Å²) in [6, 6.07) is 9.35. The smallest absolute Gasteiger partial charge is 0.140 e. The lowest BCUT2D eigenvalue weighted by Gasteiger charge is -2.03. The number of rotatable bonds is 3. The zero-order chi connectivity index (χ0) is 11.4. The highest BCUT2D eigenvalue weighted by molar-refractivity contribution is 7.16. The minimum Gasteiger partial charge on any atom is -0.379 e. The van der Waals surface area contributed by atoms with Gasteiger partial charge in [-0.2, -0.15) is 5.26 Å². The van der Waals surface area contributed by atoms with Crippen LogP contribution in [0.15, 0.2) is 30.5 Å². The maximum absolute atomic E-state index is 8.59. The minimum atomic E-state index is 0.421. The van der Waals surface area contributed by atoms with Crippen molar-refractivity contribution in [3.8, 4) is 6.07 Å². The average Bonchev–Trinajstić information content (AvgIpc) is 2.73. The lowest BCUT2D eigenvalue weighted by atomic mass is 10.3. The molecule has 0 aliphatic heterocycles. The second-order valence-electron chi connectivity index (χ2n) is 3.10. The maximum atomic E-state index is 8.59. The van der Waals surface area contributed by atoms with Crippen LogP contribution in [0, 0.1) is 11.3 Å². The molecule has 0 radical (unpaired) electrons. The highest BCUT2D eigenvalue weighted by atomic mass is 35.5. The van der Waals surface area contributed by atoms with Crippen LogP contribution in [0.3, 0.4) is 0 Å². The van der Waals surface area contributed by atoms with Crippen molar-refractivity contribution in [3.63, 3.8) is 0 Å². The molecular formula is C11H8ClN3S. The molecule has 0 amide bonds. The number of aromatic nitrogens is 1. The molecule has 0 saturated carbocycles. The normalized spacial score (nSPS) is 9.75. The van der Waals surface area contributed by atoms with Gasteiger partial charge >= 0.3 is 0 Å². The Morgan fingerprint density at radius 1 is 1.38 bits per heavy atom. The molecule has 0 aliphatic rings. The van der Waals surface area contributed by atoms with Crippen molar-refractivity contribution in [1.29, 1.82) is 5.26 Å². The van der Waals surface area contributed by atoms with E-state index < -0.39 is 0 Å². The number of anilines is 1. The largest absolute Gasteiger partial charge is 0.379 e. The van der Waals surface area contributed by atoms with E-state index in [-0.39, 0.29) is 0 Å². The van der Waals surface area contributed by atoms with Crippen molar-refractivity contribution >= 4 is 28.6 Å². The van der Waals surface area contributed by atoms with Gasteiger partial charge in [0.2, 0.25) is 0 Å². The first-order valence-corrected chi connectivity index (χ1v) is 5.81. The lowest BCUT2D eigenvalue weighted by Crippen LogP contribution is -1.97. The fourth-order valence-corrected chi connectivity index (χ4v) is 2.23. The molecule has 0 aromatic carbocycles. The summed E-state index contributed by atoms with van der Waals surface area (Å²) in [5.41, 5.74) is 1.31.